The van der Waals surface area contributed by atoms with Gasteiger partial charge in [-0.25, -0.2) is 0 Å². The number of nitrogens with zero attached hydrogens (tertiary/aromatic N) is 7. The lowest BCUT2D eigenvalue weighted by Gasteiger charge is -2.35. The quantitative estimate of drug-likeness (QED) is 0.395. The monoisotopic (exact) mass is 460 g/mol. The zero-order valence-electron chi connectivity index (χ0n) is 14.3. The van der Waals surface area contributed by atoms with E-state index in [1.165, 1.54) is 0 Å². The maximum Gasteiger partial charge on any atom is 0.246 e. The van der Waals surface area contributed by atoms with Crippen LogP contribution in [0.2, 0.25) is 0 Å². The van der Waals surface area contributed by atoms with Gasteiger partial charge < -0.3 is 19.6 Å². The van der Waals surface area contributed by atoms with Crippen molar-refractivity contribution in [1.29, 1.82) is 0 Å². The first-order valence-electron chi connectivity index (χ1n) is 7.60. The fourth-order valence-corrected chi connectivity index (χ4v) is 2.58. The third-order valence-electron chi connectivity index (χ3n) is 3.71. The summed E-state index contributed by atoms with van der Waals surface area (Å²) in [5, 5.41) is 11.1. The fraction of sp³-hybridized carbons (Fsp3) is 0.500. The van der Waals surface area contributed by atoms with Crippen molar-refractivity contribution in [2.45, 2.75) is 13.5 Å². The zero-order chi connectivity index (χ0) is 17.1. The molecule has 3 rings (SSSR count). The van der Waals surface area contributed by atoms with E-state index in [-0.39, 0.29) is 36.4 Å². The number of aromatic nitrogens is 4. The number of halogens is 1. The minimum atomic E-state index is 0. The minimum Gasteiger partial charge on any atom is -0.349 e. The Morgan fingerprint density at radius 1 is 1.44 bits per heavy atom. The van der Waals surface area contributed by atoms with E-state index in [0.29, 0.717) is 37.3 Å². The first kappa shape index (κ1) is 19.1. The zero-order valence-corrected chi connectivity index (χ0v) is 16.7. The van der Waals surface area contributed by atoms with Crippen LogP contribution in [0.4, 0.5) is 5.69 Å². The predicted molar refractivity (Wildman–Crippen MR) is 102 cm³/mol. The van der Waals surface area contributed by atoms with E-state index in [2.05, 4.69) is 25.5 Å². The molecule has 0 atom stereocenters. The van der Waals surface area contributed by atoms with Crippen LogP contribution in [0.15, 0.2) is 21.9 Å². The Morgan fingerprint density at radius 2 is 2.24 bits per heavy atom. The Labute approximate surface area is 162 Å². The van der Waals surface area contributed by atoms with Gasteiger partial charge in [0.2, 0.25) is 11.8 Å². The lowest BCUT2D eigenvalue weighted by atomic mass is 10.3. The van der Waals surface area contributed by atoms with E-state index >= 15 is 0 Å². The number of rotatable bonds is 3. The van der Waals surface area contributed by atoms with E-state index in [4.69, 9.17) is 4.52 Å². The van der Waals surface area contributed by atoms with Gasteiger partial charge in [-0.15, -0.1) is 24.0 Å². The molecule has 1 N–H and O–H groups in total. The third kappa shape index (κ3) is 4.46. The number of guanidine groups is 1. The number of piperazine rings is 1. The second-order valence-electron chi connectivity index (χ2n) is 5.47. The summed E-state index contributed by atoms with van der Waals surface area (Å²) in [6, 6.07) is 0. The van der Waals surface area contributed by atoms with E-state index in [1.54, 1.807) is 29.7 Å². The molecular weight excluding hydrogens is 439 g/mol. The highest BCUT2D eigenvalue weighted by Crippen LogP contribution is 2.16. The van der Waals surface area contributed by atoms with Gasteiger partial charge in [-0.05, 0) is 0 Å². The molecule has 0 aliphatic carbocycles. The number of anilines is 1. The highest BCUT2D eigenvalue weighted by molar-refractivity contribution is 14.0. The van der Waals surface area contributed by atoms with Crippen molar-refractivity contribution in [2.24, 2.45) is 12.0 Å². The van der Waals surface area contributed by atoms with Gasteiger partial charge in [0.25, 0.3) is 0 Å². The van der Waals surface area contributed by atoms with Crippen LogP contribution in [0, 0.1) is 6.92 Å². The van der Waals surface area contributed by atoms with Crippen LogP contribution in [-0.4, -0.2) is 63.4 Å². The molecule has 25 heavy (non-hydrogen) atoms. The molecule has 1 saturated heterocycles. The van der Waals surface area contributed by atoms with Crippen molar-refractivity contribution in [1.82, 2.24) is 30.1 Å². The van der Waals surface area contributed by atoms with E-state index in [9.17, 15) is 4.79 Å². The van der Waals surface area contributed by atoms with Gasteiger partial charge in [0.05, 0.1) is 18.4 Å². The van der Waals surface area contributed by atoms with Gasteiger partial charge in [-0.1, -0.05) is 5.16 Å². The molecule has 136 valence electrons. The maximum atomic E-state index is 12.4. The molecule has 1 amide bonds. The van der Waals surface area contributed by atoms with Crippen molar-refractivity contribution in [3.63, 3.8) is 0 Å². The van der Waals surface area contributed by atoms with E-state index in [0.717, 1.165) is 5.69 Å². The highest BCUT2D eigenvalue weighted by Gasteiger charge is 2.27. The molecule has 0 aromatic carbocycles. The van der Waals surface area contributed by atoms with Crippen molar-refractivity contribution in [3.05, 3.63) is 24.1 Å². The number of carbonyl (C=O) groups is 1. The van der Waals surface area contributed by atoms with Crippen molar-refractivity contribution >= 4 is 41.5 Å². The van der Waals surface area contributed by atoms with Crippen LogP contribution in [0.25, 0.3) is 0 Å². The minimum absolute atomic E-state index is 0. The van der Waals surface area contributed by atoms with Crippen LogP contribution in [0.5, 0.6) is 0 Å². The number of hydrogen-bond acceptors (Lipinski definition) is 6. The average Bonchev–Trinajstić information content (AvgIpc) is 3.16. The molecule has 10 nitrogen and oxygen atoms in total. The summed E-state index contributed by atoms with van der Waals surface area (Å²) in [6.45, 7) is 3.63. The Hall–Kier alpha value is -2.18. The Balaban J connectivity index is 0.00000225. The number of nitrogens with one attached hydrogen (secondary N) is 1. The lowest BCUT2D eigenvalue weighted by Crippen LogP contribution is -2.55. The SMILES string of the molecule is CN=C(NCc1noc(C)n1)N1CCN(c2cnn(C)c2)C(=O)C1.I. The van der Waals surface area contributed by atoms with E-state index < -0.39 is 0 Å². The topological polar surface area (TPSA) is 105 Å². The molecule has 1 aliphatic rings. The van der Waals surface area contributed by atoms with Gasteiger partial charge in [-0.3, -0.25) is 14.5 Å². The van der Waals surface area contributed by atoms with E-state index in [1.807, 2.05) is 18.1 Å². The standard InChI is InChI=1S/C14H20N8O2.HI/c1-10-18-12(19-24-10)7-16-14(15-2)21-4-5-22(13(23)9-21)11-6-17-20(3)8-11;/h6,8H,4-5,7,9H2,1-3H3,(H,15,16);1H. The lowest BCUT2D eigenvalue weighted by molar-refractivity contribution is -0.120. The summed E-state index contributed by atoms with van der Waals surface area (Å²) < 4.78 is 6.62. The molecule has 0 bridgehead atoms. The van der Waals surface area contributed by atoms with Crippen molar-refractivity contribution < 1.29 is 9.32 Å². The van der Waals surface area contributed by atoms with Gasteiger partial charge in [0, 0.05) is 40.3 Å². The maximum absolute atomic E-state index is 12.4. The molecular formula is C14H21IN8O2. The number of aryl methyl sites for hydroxylation is 2. The first-order chi connectivity index (χ1) is 11.6. The molecule has 11 heteroatoms. The summed E-state index contributed by atoms with van der Waals surface area (Å²) in [5.74, 6) is 1.71. The summed E-state index contributed by atoms with van der Waals surface area (Å²) in [4.78, 5) is 24.4. The Bertz CT molecular complexity index is 756. The molecule has 2 aromatic rings. The molecule has 0 radical (unpaired) electrons. The van der Waals surface area contributed by atoms with Gasteiger partial charge in [0.15, 0.2) is 11.8 Å². The van der Waals surface area contributed by atoms with Gasteiger partial charge in [-0.2, -0.15) is 10.1 Å². The Kier molecular flexibility index (Phi) is 6.33. The summed E-state index contributed by atoms with van der Waals surface area (Å²) >= 11 is 0. The van der Waals surface area contributed by atoms with Gasteiger partial charge in [0.1, 0.15) is 6.54 Å². The highest BCUT2D eigenvalue weighted by atomic mass is 127. The molecule has 3 heterocycles. The Morgan fingerprint density at radius 3 is 2.80 bits per heavy atom. The summed E-state index contributed by atoms with van der Waals surface area (Å²) in [6.07, 6.45) is 3.53. The molecule has 1 aliphatic heterocycles. The molecule has 0 saturated carbocycles. The third-order valence-corrected chi connectivity index (χ3v) is 3.71. The normalized spacial score (nSPS) is 15.3. The number of amides is 1. The largest absolute Gasteiger partial charge is 0.349 e. The summed E-state index contributed by atoms with van der Waals surface area (Å²) in [5.41, 5.74) is 0.812. The number of hydrogen-bond donors (Lipinski definition) is 1. The van der Waals surface area contributed by atoms with Crippen LogP contribution in [0.1, 0.15) is 11.7 Å². The van der Waals surface area contributed by atoms with Crippen molar-refractivity contribution in [3.8, 4) is 0 Å². The molecule has 2 aromatic heterocycles. The van der Waals surface area contributed by atoms with Crippen LogP contribution < -0.4 is 10.2 Å². The average molecular weight is 460 g/mol. The molecule has 0 spiro atoms. The number of carbonyl (C=O) groups excluding carboxylic acids is 1. The van der Waals surface area contributed by atoms with Crippen LogP contribution in [-0.2, 0) is 18.4 Å². The molecule has 0 unspecified atom stereocenters. The van der Waals surface area contributed by atoms with Crippen molar-refractivity contribution in [2.75, 3.05) is 31.6 Å². The van der Waals surface area contributed by atoms with Gasteiger partial charge >= 0.3 is 0 Å². The smallest absolute Gasteiger partial charge is 0.246 e. The predicted octanol–water partition coefficient (Wildman–Crippen LogP) is 0.154. The second-order valence-corrected chi connectivity index (χ2v) is 5.47. The molecule has 1 fully saturated rings. The van der Waals surface area contributed by atoms with Crippen LogP contribution in [0.3, 0.4) is 0 Å². The summed E-state index contributed by atoms with van der Waals surface area (Å²) in [7, 11) is 3.51. The first-order valence-corrected chi connectivity index (χ1v) is 7.60. The van der Waals surface area contributed by atoms with Crippen LogP contribution >= 0.6 is 24.0 Å². The fourth-order valence-electron chi connectivity index (χ4n) is 2.58. The second kappa shape index (κ2) is 8.27. The number of aliphatic imine (C=N–C) groups is 1.